The van der Waals surface area contributed by atoms with Crippen molar-refractivity contribution < 1.29 is 40.4 Å². The van der Waals surface area contributed by atoms with E-state index < -0.39 is 33.5 Å². The monoisotopic (exact) mass is 324 g/mol. The van der Waals surface area contributed by atoms with Crippen LogP contribution in [0.15, 0.2) is 30.3 Å². The van der Waals surface area contributed by atoms with Gasteiger partial charge in [0, 0.05) is 11.6 Å². The molecule has 0 saturated heterocycles. The molecule has 1 unspecified atom stereocenters. The maximum Gasteiger partial charge on any atom is 0.523 e. The summed E-state index contributed by atoms with van der Waals surface area (Å²) in [7, 11) is -5.91. The van der Waals surface area contributed by atoms with Gasteiger partial charge in [0.05, 0.1) is 5.57 Å². The third kappa shape index (κ3) is 3.00. The van der Waals surface area contributed by atoms with Crippen molar-refractivity contribution in [3.05, 3.63) is 35.9 Å². The highest BCUT2D eigenvalue weighted by atomic mass is 32.2. The first kappa shape index (κ1) is 15.3. The van der Waals surface area contributed by atoms with Gasteiger partial charge >= 0.3 is 21.6 Å². The second-order valence-electron chi connectivity index (χ2n) is 3.86. The predicted molar refractivity (Wildman–Crippen MR) is 62.5 cm³/mol. The minimum atomic E-state index is -5.91. The number of carbonyl (C=O) groups is 1. The summed E-state index contributed by atoms with van der Waals surface area (Å²) in [6, 6.07) is 5.58. The van der Waals surface area contributed by atoms with Crippen LogP contribution in [-0.2, 0) is 19.1 Å². The van der Waals surface area contributed by atoms with Crippen LogP contribution in [0.5, 0.6) is 5.75 Å². The molecule has 114 valence electrons. The molecule has 21 heavy (non-hydrogen) atoms. The van der Waals surface area contributed by atoms with Gasteiger partial charge in [-0.2, -0.15) is 21.6 Å². The molecule has 0 amide bonds. The summed E-state index contributed by atoms with van der Waals surface area (Å²) in [5.41, 5.74) is -5.95. The molecule has 0 saturated carbocycles. The van der Waals surface area contributed by atoms with Crippen LogP contribution in [0.1, 0.15) is 5.56 Å². The number of carboxylic acid groups (broad SMARTS) is 1. The van der Waals surface area contributed by atoms with Gasteiger partial charge in [-0.1, -0.05) is 18.2 Å². The second kappa shape index (κ2) is 5.04. The van der Waals surface area contributed by atoms with Crippen LogP contribution < -0.4 is 4.74 Å². The first-order chi connectivity index (χ1) is 9.62. The molecule has 0 radical (unpaired) electrons. The zero-order valence-corrected chi connectivity index (χ0v) is 10.8. The van der Waals surface area contributed by atoms with Crippen LogP contribution in [0.25, 0.3) is 5.57 Å². The number of hydrogen-bond donors (Lipinski definition) is 1. The normalized spacial score (nSPS) is 18.4. The zero-order valence-electron chi connectivity index (χ0n) is 9.99. The van der Waals surface area contributed by atoms with Gasteiger partial charge in [-0.3, -0.25) is 0 Å². The van der Waals surface area contributed by atoms with E-state index in [1.165, 1.54) is 24.3 Å². The number of halogens is 3. The molecule has 1 N–H and O–H groups in total. The van der Waals surface area contributed by atoms with E-state index >= 15 is 0 Å². The molecule has 0 spiro atoms. The largest absolute Gasteiger partial charge is 0.523 e. The van der Waals surface area contributed by atoms with Gasteiger partial charge in [0.15, 0.2) is 0 Å². The first-order valence-corrected chi connectivity index (χ1v) is 6.73. The van der Waals surface area contributed by atoms with Gasteiger partial charge in [0.25, 0.3) is 0 Å². The van der Waals surface area contributed by atoms with Crippen LogP contribution in [-0.4, -0.2) is 31.3 Å². The first-order valence-electron chi connectivity index (χ1n) is 5.32. The van der Waals surface area contributed by atoms with Crippen molar-refractivity contribution in [2.24, 2.45) is 0 Å². The fraction of sp³-hybridized carbons (Fsp3) is 0.182. The van der Waals surface area contributed by atoms with Crippen LogP contribution >= 0.6 is 0 Å². The van der Waals surface area contributed by atoms with E-state index in [0.29, 0.717) is 6.08 Å². The predicted octanol–water partition coefficient (Wildman–Crippen LogP) is 1.74. The molecule has 0 aromatic heterocycles. The summed E-state index contributed by atoms with van der Waals surface area (Å²) >= 11 is 0. The number of benzene rings is 1. The van der Waals surface area contributed by atoms with Crippen molar-refractivity contribution in [3.8, 4) is 5.75 Å². The Labute approximate surface area is 116 Å². The summed E-state index contributed by atoms with van der Waals surface area (Å²) in [6.07, 6.45) is -1.37. The fourth-order valence-corrected chi connectivity index (χ4v) is 2.04. The molecular formula is C11H7F3O6S. The van der Waals surface area contributed by atoms with Crippen molar-refractivity contribution in [2.75, 3.05) is 0 Å². The van der Waals surface area contributed by atoms with Crippen molar-refractivity contribution in [1.82, 2.24) is 0 Å². The summed E-state index contributed by atoms with van der Waals surface area (Å²) in [5.74, 6) is -1.55. The highest BCUT2D eigenvalue weighted by Crippen LogP contribution is 2.34. The minimum Gasteiger partial charge on any atom is -0.478 e. The molecule has 0 aliphatic carbocycles. The Bertz CT molecular complexity index is 707. The summed E-state index contributed by atoms with van der Waals surface area (Å²) in [5, 5.41) is 9.01. The van der Waals surface area contributed by atoms with Crippen LogP contribution in [0.2, 0.25) is 0 Å². The number of rotatable bonds is 3. The number of para-hydroxylation sites is 1. The zero-order chi connectivity index (χ0) is 15.8. The van der Waals surface area contributed by atoms with Crippen molar-refractivity contribution in [2.45, 2.75) is 11.8 Å². The summed E-state index contributed by atoms with van der Waals surface area (Å²) in [6.45, 7) is 0. The lowest BCUT2D eigenvalue weighted by molar-refractivity contribution is -0.130. The fourth-order valence-electron chi connectivity index (χ4n) is 1.59. The highest BCUT2D eigenvalue weighted by molar-refractivity contribution is 7.87. The van der Waals surface area contributed by atoms with Crippen molar-refractivity contribution in [3.63, 3.8) is 0 Å². The molecule has 1 aromatic rings. The van der Waals surface area contributed by atoms with Gasteiger partial charge in [-0.15, -0.1) is 0 Å². The Morgan fingerprint density at radius 3 is 2.48 bits per heavy atom. The summed E-state index contributed by atoms with van der Waals surface area (Å²) < 4.78 is 67.3. The Kier molecular flexibility index (Phi) is 3.68. The molecule has 1 heterocycles. The van der Waals surface area contributed by atoms with E-state index in [0.717, 1.165) is 0 Å². The van der Waals surface area contributed by atoms with Crippen LogP contribution in [0.4, 0.5) is 13.2 Å². The van der Waals surface area contributed by atoms with Gasteiger partial charge in [-0.25, -0.2) is 8.98 Å². The lowest BCUT2D eigenvalue weighted by atomic mass is 10.0. The Morgan fingerprint density at radius 2 is 1.90 bits per heavy atom. The molecule has 0 bridgehead atoms. The topological polar surface area (TPSA) is 89.9 Å². The lowest BCUT2D eigenvalue weighted by Gasteiger charge is -2.23. The molecule has 1 aromatic carbocycles. The molecular weight excluding hydrogens is 317 g/mol. The van der Waals surface area contributed by atoms with E-state index in [-0.39, 0.29) is 11.3 Å². The van der Waals surface area contributed by atoms with Gasteiger partial charge < -0.3 is 9.84 Å². The van der Waals surface area contributed by atoms with E-state index in [4.69, 9.17) is 9.84 Å². The van der Waals surface area contributed by atoms with E-state index in [1.807, 2.05) is 0 Å². The molecule has 1 atom stereocenters. The van der Waals surface area contributed by atoms with Gasteiger partial charge in [0.1, 0.15) is 5.75 Å². The third-order valence-electron chi connectivity index (χ3n) is 2.46. The van der Waals surface area contributed by atoms with Crippen molar-refractivity contribution in [1.29, 1.82) is 0 Å². The molecule has 0 fully saturated rings. The standard InChI is InChI=1S/C11H7F3O6S/c12-11(13,14)21(17,18)20-9-5-7(10(15)16)6-3-1-2-4-8(6)19-9/h1-5,9H,(H,15,16). The van der Waals surface area contributed by atoms with E-state index in [9.17, 15) is 26.4 Å². The van der Waals surface area contributed by atoms with Gasteiger partial charge in [0.2, 0.25) is 6.29 Å². The van der Waals surface area contributed by atoms with E-state index in [1.54, 1.807) is 0 Å². The van der Waals surface area contributed by atoms with Crippen molar-refractivity contribution >= 4 is 21.7 Å². The molecule has 6 nitrogen and oxygen atoms in total. The number of fused-ring (bicyclic) bond motifs is 1. The number of hydrogen-bond acceptors (Lipinski definition) is 5. The van der Waals surface area contributed by atoms with Crippen LogP contribution in [0.3, 0.4) is 0 Å². The Hall–Kier alpha value is -2.07. The number of aliphatic carboxylic acids is 1. The maximum absolute atomic E-state index is 12.2. The highest BCUT2D eigenvalue weighted by Gasteiger charge is 2.49. The number of ether oxygens (including phenoxy) is 1. The Morgan fingerprint density at radius 1 is 1.29 bits per heavy atom. The maximum atomic E-state index is 12.2. The van der Waals surface area contributed by atoms with E-state index in [2.05, 4.69) is 4.18 Å². The second-order valence-corrected chi connectivity index (χ2v) is 5.43. The SMILES string of the molecule is O=C(O)C1=CC(OS(=O)(=O)C(F)(F)F)Oc2ccccc21. The molecule has 10 heteroatoms. The quantitative estimate of drug-likeness (QED) is 0.673. The average Bonchev–Trinajstić information content (AvgIpc) is 2.35. The van der Waals surface area contributed by atoms with Crippen LogP contribution in [0, 0.1) is 0 Å². The molecule has 2 rings (SSSR count). The van der Waals surface area contributed by atoms with Gasteiger partial charge in [-0.05, 0) is 6.07 Å². The average molecular weight is 324 g/mol. The Balaban J connectivity index is 2.38. The third-order valence-corrected chi connectivity index (χ3v) is 3.47. The number of alkyl halides is 3. The smallest absolute Gasteiger partial charge is 0.478 e. The molecule has 1 aliphatic heterocycles. The summed E-state index contributed by atoms with van der Waals surface area (Å²) in [4.78, 5) is 11.1. The minimum absolute atomic E-state index is 0.0974. The molecule has 1 aliphatic rings. The lowest BCUT2D eigenvalue weighted by Crippen LogP contribution is -2.33. The number of carboxylic acids is 1.